The van der Waals surface area contributed by atoms with Crippen LogP contribution in [0.15, 0.2) is 34.2 Å². The summed E-state index contributed by atoms with van der Waals surface area (Å²) in [6, 6.07) is 6.73. The van der Waals surface area contributed by atoms with Gasteiger partial charge in [0, 0.05) is 5.56 Å². The van der Waals surface area contributed by atoms with Gasteiger partial charge in [-0.1, -0.05) is 12.1 Å². The minimum absolute atomic E-state index is 0.117. The average Bonchev–Trinajstić information content (AvgIpc) is 2.36. The van der Waals surface area contributed by atoms with Crippen molar-refractivity contribution in [2.24, 2.45) is 5.10 Å². The lowest BCUT2D eigenvalue weighted by Crippen LogP contribution is -2.15. The Kier molecular flexibility index (Phi) is 3.33. The number of benzene rings is 1. The van der Waals surface area contributed by atoms with E-state index in [1.165, 1.54) is 6.21 Å². The smallest absolute Gasteiger partial charge is 0.274 e. The van der Waals surface area contributed by atoms with Gasteiger partial charge in [0.15, 0.2) is 0 Å². The van der Waals surface area contributed by atoms with Crippen LogP contribution < -0.4 is 11.0 Å². The SMILES string of the molecule is Cc1nnc(N/N=C\c2ccccc2O)[nH]c1=O. The summed E-state index contributed by atoms with van der Waals surface area (Å²) >= 11 is 0. The number of aromatic amines is 1. The molecule has 7 heteroatoms. The topological polar surface area (TPSA) is 103 Å². The van der Waals surface area contributed by atoms with Crippen molar-refractivity contribution in [1.29, 1.82) is 0 Å². The summed E-state index contributed by atoms with van der Waals surface area (Å²) in [4.78, 5) is 13.7. The first-order valence-electron chi connectivity index (χ1n) is 5.17. The van der Waals surface area contributed by atoms with Crippen molar-refractivity contribution in [1.82, 2.24) is 15.2 Å². The first-order chi connectivity index (χ1) is 8.66. The molecule has 0 atom stereocenters. The molecule has 0 aliphatic heterocycles. The minimum atomic E-state index is -0.328. The summed E-state index contributed by atoms with van der Waals surface area (Å²) in [6.07, 6.45) is 1.41. The number of phenols is 1. The van der Waals surface area contributed by atoms with Gasteiger partial charge in [-0.05, 0) is 19.1 Å². The number of hydrazone groups is 1. The highest BCUT2D eigenvalue weighted by atomic mass is 16.3. The summed E-state index contributed by atoms with van der Waals surface area (Å²) < 4.78 is 0. The van der Waals surface area contributed by atoms with E-state index >= 15 is 0 Å². The summed E-state index contributed by atoms with van der Waals surface area (Å²) in [7, 11) is 0. The third-order valence-electron chi connectivity index (χ3n) is 2.17. The third-order valence-corrected chi connectivity index (χ3v) is 2.17. The molecule has 1 heterocycles. The molecule has 7 nitrogen and oxygen atoms in total. The van der Waals surface area contributed by atoms with Crippen LogP contribution in [0.3, 0.4) is 0 Å². The van der Waals surface area contributed by atoms with Crippen molar-refractivity contribution in [2.75, 3.05) is 5.43 Å². The Morgan fingerprint density at radius 2 is 2.17 bits per heavy atom. The molecule has 2 rings (SSSR count). The molecule has 0 saturated carbocycles. The molecule has 1 aromatic carbocycles. The predicted molar refractivity (Wildman–Crippen MR) is 66.7 cm³/mol. The number of nitrogens with zero attached hydrogens (tertiary/aromatic N) is 3. The molecular formula is C11H11N5O2. The van der Waals surface area contributed by atoms with E-state index in [9.17, 15) is 9.90 Å². The lowest BCUT2D eigenvalue weighted by Gasteiger charge is -1.99. The van der Waals surface area contributed by atoms with Gasteiger partial charge < -0.3 is 5.11 Å². The first kappa shape index (κ1) is 11.8. The molecule has 0 fully saturated rings. The Morgan fingerprint density at radius 1 is 1.39 bits per heavy atom. The van der Waals surface area contributed by atoms with Gasteiger partial charge >= 0.3 is 0 Å². The highest BCUT2D eigenvalue weighted by molar-refractivity contribution is 5.83. The molecule has 0 aliphatic carbocycles. The molecule has 2 aromatic rings. The van der Waals surface area contributed by atoms with E-state index in [1.807, 2.05) is 0 Å². The Hall–Kier alpha value is -2.70. The molecule has 0 aliphatic rings. The van der Waals surface area contributed by atoms with E-state index < -0.39 is 0 Å². The summed E-state index contributed by atoms with van der Waals surface area (Å²) in [5.74, 6) is 0.254. The van der Waals surface area contributed by atoms with Crippen molar-refractivity contribution < 1.29 is 5.11 Å². The fourth-order valence-electron chi connectivity index (χ4n) is 1.20. The molecule has 0 spiro atoms. The van der Waals surface area contributed by atoms with Gasteiger partial charge in [-0.25, -0.2) is 5.43 Å². The molecule has 0 bridgehead atoms. The highest BCUT2D eigenvalue weighted by Gasteiger charge is 1.98. The van der Waals surface area contributed by atoms with Crippen LogP contribution in [-0.4, -0.2) is 26.5 Å². The summed E-state index contributed by atoms with van der Waals surface area (Å²) in [5, 5.41) is 20.7. The second kappa shape index (κ2) is 5.09. The number of anilines is 1. The molecule has 1 aromatic heterocycles. The first-order valence-corrected chi connectivity index (χ1v) is 5.17. The lowest BCUT2D eigenvalue weighted by molar-refractivity contribution is 0.474. The number of hydrogen-bond acceptors (Lipinski definition) is 6. The minimum Gasteiger partial charge on any atom is -0.507 e. The van der Waals surface area contributed by atoms with E-state index in [2.05, 4.69) is 25.7 Å². The van der Waals surface area contributed by atoms with Crippen molar-refractivity contribution in [2.45, 2.75) is 6.92 Å². The zero-order valence-electron chi connectivity index (χ0n) is 9.58. The Bertz CT molecular complexity index is 635. The quantitative estimate of drug-likeness (QED) is 0.543. The predicted octanol–water partition coefficient (Wildman–Crippen LogP) is 0.625. The van der Waals surface area contributed by atoms with Crippen LogP contribution in [0.25, 0.3) is 0 Å². The van der Waals surface area contributed by atoms with Crippen molar-refractivity contribution >= 4 is 12.2 Å². The van der Waals surface area contributed by atoms with Crippen LogP contribution >= 0.6 is 0 Å². The Balaban J connectivity index is 2.10. The summed E-state index contributed by atoms with van der Waals surface area (Å²) in [5.41, 5.74) is 3.02. The molecule has 0 unspecified atom stereocenters. The second-order valence-corrected chi connectivity index (χ2v) is 3.52. The third kappa shape index (κ3) is 2.70. The monoisotopic (exact) mass is 245 g/mol. The number of para-hydroxylation sites is 1. The number of phenolic OH excluding ortho intramolecular Hbond substituents is 1. The molecule has 0 saturated heterocycles. The van der Waals surface area contributed by atoms with Crippen LogP contribution in [0, 0.1) is 6.92 Å². The van der Waals surface area contributed by atoms with Crippen molar-refractivity contribution in [3.05, 3.63) is 45.9 Å². The van der Waals surface area contributed by atoms with Crippen LogP contribution in [-0.2, 0) is 0 Å². The number of nitrogens with one attached hydrogen (secondary N) is 2. The number of rotatable bonds is 3. The largest absolute Gasteiger partial charge is 0.507 e. The Morgan fingerprint density at radius 3 is 2.89 bits per heavy atom. The molecule has 0 amide bonds. The fourth-order valence-corrected chi connectivity index (χ4v) is 1.20. The maximum absolute atomic E-state index is 11.2. The number of aromatic hydroxyl groups is 1. The van der Waals surface area contributed by atoms with Crippen LogP contribution in [0.5, 0.6) is 5.75 Å². The second-order valence-electron chi connectivity index (χ2n) is 3.52. The zero-order chi connectivity index (χ0) is 13.0. The molecule has 0 radical (unpaired) electrons. The van der Waals surface area contributed by atoms with Gasteiger partial charge in [0.1, 0.15) is 11.4 Å². The van der Waals surface area contributed by atoms with Crippen LogP contribution in [0.4, 0.5) is 5.95 Å². The highest BCUT2D eigenvalue weighted by Crippen LogP contribution is 2.12. The van der Waals surface area contributed by atoms with Crippen LogP contribution in [0.1, 0.15) is 11.3 Å². The standard InChI is InChI=1S/C11H11N5O2/c1-7-10(18)13-11(16-14-7)15-12-6-8-4-2-3-5-9(8)17/h2-6,17H,1H3,(H2,13,15,16,18)/b12-6-. The van der Waals surface area contributed by atoms with Crippen molar-refractivity contribution in [3.63, 3.8) is 0 Å². The number of H-pyrrole nitrogens is 1. The maximum Gasteiger partial charge on any atom is 0.274 e. The van der Waals surface area contributed by atoms with Gasteiger partial charge in [-0.2, -0.15) is 5.10 Å². The number of aromatic nitrogens is 3. The number of aryl methyl sites for hydroxylation is 1. The van der Waals surface area contributed by atoms with Gasteiger partial charge in [-0.15, -0.1) is 10.2 Å². The van der Waals surface area contributed by atoms with E-state index in [-0.39, 0.29) is 23.0 Å². The Labute approximate surface area is 102 Å². The van der Waals surface area contributed by atoms with Gasteiger partial charge in [-0.3, -0.25) is 9.78 Å². The zero-order valence-corrected chi connectivity index (χ0v) is 9.58. The number of hydrogen-bond donors (Lipinski definition) is 3. The van der Waals surface area contributed by atoms with Gasteiger partial charge in [0.05, 0.1) is 6.21 Å². The normalized spacial score (nSPS) is 10.7. The summed E-state index contributed by atoms with van der Waals surface area (Å²) in [6.45, 7) is 1.56. The molecular weight excluding hydrogens is 234 g/mol. The van der Waals surface area contributed by atoms with E-state index in [0.29, 0.717) is 5.56 Å². The maximum atomic E-state index is 11.2. The van der Waals surface area contributed by atoms with Gasteiger partial charge in [0.25, 0.3) is 5.56 Å². The average molecular weight is 245 g/mol. The van der Waals surface area contributed by atoms with E-state index in [4.69, 9.17) is 0 Å². The molecule has 18 heavy (non-hydrogen) atoms. The van der Waals surface area contributed by atoms with E-state index in [0.717, 1.165) is 0 Å². The van der Waals surface area contributed by atoms with Crippen LogP contribution in [0.2, 0.25) is 0 Å². The van der Waals surface area contributed by atoms with Gasteiger partial charge in [0.2, 0.25) is 5.95 Å². The molecule has 92 valence electrons. The lowest BCUT2D eigenvalue weighted by atomic mass is 10.2. The van der Waals surface area contributed by atoms with Crippen molar-refractivity contribution in [3.8, 4) is 5.75 Å². The van der Waals surface area contributed by atoms with E-state index in [1.54, 1.807) is 31.2 Å². The molecule has 3 N–H and O–H groups in total. The fraction of sp³-hybridized carbons (Fsp3) is 0.0909.